The third-order valence-electron chi connectivity index (χ3n) is 11.2. The Bertz CT molecular complexity index is 1910. The predicted octanol–water partition coefficient (Wildman–Crippen LogP) is 5.66. The van der Waals surface area contributed by atoms with E-state index in [0.29, 0.717) is 89.3 Å². The standard InChI is InChI=1S/C46H54N4O8/c1-33-5-7-39(35(3)31-33)55-41(51)15-25-49-27-17-45(18-28-49,37-11-21-47-22-12-37)57-43(53)9-10-44(54)58-46(38-13-23-48-24-14-38)19-29-50(30-20-46)26-16-42(52)56-40-8-6-34(2)32-36(40)4/h5-8,11-14,21-24,31-32,41-42,51-52H,15-20,25-30H2,1-4H3. The number of hydrogen-bond acceptors (Lipinski definition) is 12. The van der Waals surface area contributed by atoms with E-state index in [9.17, 15) is 19.8 Å². The Balaban J connectivity index is 1.03. The molecule has 6 rings (SSSR count). The molecular weight excluding hydrogens is 737 g/mol. The summed E-state index contributed by atoms with van der Waals surface area (Å²) in [7, 11) is 0. The first-order valence-corrected chi connectivity index (χ1v) is 20.0. The van der Waals surface area contributed by atoms with Crippen LogP contribution in [-0.4, -0.2) is 93.8 Å². The van der Waals surface area contributed by atoms with Crippen LogP contribution in [0.5, 0.6) is 11.5 Å². The molecule has 2 atom stereocenters. The molecular formula is C46H54N4O8. The van der Waals surface area contributed by atoms with Crippen molar-refractivity contribution in [3.8, 4) is 23.3 Å². The highest BCUT2D eigenvalue weighted by Crippen LogP contribution is 2.38. The van der Waals surface area contributed by atoms with Crippen molar-refractivity contribution in [1.82, 2.24) is 19.8 Å². The summed E-state index contributed by atoms with van der Waals surface area (Å²) in [5.41, 5.74) is 3.86. The number of aliphatic hydroxyl groups is 2. The van der Waals surface area contributed by atoms with Crippen LogP contribution in [-0.2, 0) is 30.3 Å². The molecule has 0 amide bonds. The molecule has 2 aliphatic rings. The number of ether oxygens (including phenoxy) is 4. The van der Waals surface area contributed by atoms with Gasteiger partial charge in [0, 0.05) is 114 Å². The number of likely N-dealkylation sites (tertiary alicyclic amines) is 2. The minimum atomic E-state index is -0.966. The number of esters is 2. The van der Waals surface area contributed by atoms with Crippen molar-refractivity contribution in [3.63, 3.8) is 0 Å². The number of rotatable bonds is 14. The van der Waals surface area contributed by atoms with E-state index in [4.69, 9.17) is 18.9 Å². The van der Waals surface area contributed by atoms with Crippen molar-refractivity contribution in [2.75, 3.05) is 39.3 Å². The maximum absolute atomic E-state index is 13.3. The summed E-state index contributed by atoms with van der Waals surface area (Å²) in [6.45, 7) is 11.5. The highest BCUT2D eigenvalue weighted by Gasteiger charge is 2.41. The summed E-state index contributed by atoms with van der Waals surface area (Å²) in [6, 6.07) is 19.0. The van der Waals surface area contributed by atoms with Crippen LogP contribution in [0.2, 0.25) is 0 Å². The molecule has 0 radical (unpaired) electrons. The number of aryl methyl sites for hydroxylation is 4. The van der Waals surface area contributed by atoms with Crippen molar-refractivity contribution in [3.05, 3.63) is 119 Å². The third-order valence-corrected chi connectivity index (χ3v) is 11.2. The van der Waals surface area contributed by atoms with Crippen LogP contribution < -0.4 is 9.47 Å². The topological polar surface area (TPSA) is 144 Å². The van der Waals surface area contributed by atoms with Gasteiger partial charge in [0.1, 0.15) is 22.7 Å². The fraction of sp³-hybridized carbons (Fsp3) is 0.435. The van der Waals surface area contributed by atoms with Gasteiger partial charge in [-0.3, -0.25) is 9.97 Å². The van der Waals surface area contributed by atoms with Crippen LogP contribution in [0.15, 0.2) is 85.5 Å². The monoisotopic (exact) mass is 790 g/mol. The second kappa shape index (κ2) is 19.4. The Labute approximate surface area is 341 Å². The third kappa shape index (κ3) is 11.2. The molecule has 0 spiro atoms. The number of benzene rings is 2. The second-order valence-electron chi connectivity index (χ2n) is 15.4. The van der Waals surface area contributed by atoms with E-state index in [1.54, 1.807) is 24.8 Å². The molecule has 4 aromatic rings. The zero-order chi connectivity index (χ0) is 41.1. The largest absolute Gasteiger partial charge is 0.465 e. The smallest absolute Gasteiger partial charge is 0.385 e. The lowest BCUT2D eigenvalue weighted by Gasteiger charge is -2.41. The lowest BCUT2D eigenvalue weighted by atomic mass is 9.84. The lowest BCUT2D eigenvalue weighted by molar-refractivity contribution is -0.162. The number of piperidine rings is 2. The van der Waals surface area contributed by atoms with Crippen LogP contribution in [0.3, 0.4) is 0 Å². The molecule has 12 heteroatoms. The van der Waals surface area contributed by atoms with Gasteiger partial charge in [-0.1, -0.05) is 35.4 Å². The van der Waals surface area contributed by atoms with E-state index in [2.05, 4.69) is 31.6 Å². The number of aliphatic hydroxyl groups excluding tert-OH is 2. The Morgan fingerprint density at radius 2 is 0.983 bits per heavy atom. The molecule has 306 valence electrons. The Kier molecular flexibility index (Phi) is 14.2. The van der Waals surface area contributed by atoms with Gasteiger partial charge in [0.2, 0.25) is 0 Å². The minimum Gasteiger partial charge on any atom is -0.465 e. The van der Waals surface area contributed by atoms with Gasteiger partial charge in [0.15, 0.2) is 12.6 Å². The van der Waals surface area contributed by atoms with Gasteiger partial charge < -0.3 is 39.0 Å². The van der Waals surface area contributed by atoms with Gasteiger partial charge in [0.25, 0.3) is 0 Å². The molecule has 2 fully saturated rings. The molecule has 2 aromatic heterocycles. The highest BCUT2D eigenvalue weighted by atomic mass is 16.6. The second-order valence-corrected chi connectivity index (χ2v) is 15.4. The van der Waals surface area contributed by atoms with Crippen LogP contribution in [0, 0.1) is 39.5 Å². The Morgan fingerprint density at radius 3 is 1.33 bits per heavy atom. The maximum atomic E-state index is 13.3. The number of aromatic nitrogens is 2. The summed E-state index contributed by atoms with van der Waals surface area (Å²) < 4.78 is 23.8. The maximum Gasteiger partial charge on any atom is 0.385 e. The molecule has 2 unspecified atom stereocenters. The number of pyridine rings is 2. The van der Waals surface area contributed by atoms with Gasteiger partial charge in [-0.15, -0.1) is 0 Å². The molecule has 0 aliphatic carbocycles. The van der Waals surface area contributed by atoms with Crippen LogP contribution in [0.1, 0.15) is 71.9 Å². The average molecular weight is 791 g/mol. The van der Waals surface area contributed by atoms with E-state index in [-0.39, 0.29) is 0 Å². The molecule has 2 saturated heterocycles. The molecule has 2 aromatic carbocycles. The molecule has 0 bridgehead atoms. The first-order valence-electron chi connectivity index (χ1n) is 20.0. The summed E-state index contributed by atoms with van der Waals surface area (Å²) >= 11 is 0. The number of nitrogens with zero attached hydrogens (tertiary/aromatic N) is 4. The van der Waals surface area contributed by atoms with E-state index < -0.39 is 35.7 Å². The average Bonchev–Trinajstić information content (AvgIpc) is 3.22. The van der Waals surface area contributed by atoms with Crippen LogP contribution >= 0.6 is 0 Å². The van der Waals surface area contributed by atoms with E-state index in [1.165, 1.54) is 0 Å². The zero-order valence-corrected chi connectivity index (χ0v) is 33.9. The first-order chi connectivity index (χ1) is 27.9. The SMILES string of the molecule is Cc1ccc(OC(O)CCN2CCC(OC(=O)C#CC(=O)OC3(c4ccncc4)CCN(CCC(O)Oc4ccc(C)cc4C)CC3)(c3ccncc3)CC2)c(C)c1. The predicted molar refractivity (Wildman–Crippen MR) is 217 cm³/mol. The quantitative estimate of drug-likeness (QED) is 0.0705. The summed E-state index contributed by atoms with van der Waals surface area (Å²) in [6.07, 6.45) is 7.49. The van der Waals surface area contributed by atoms with E-state index in [0.717, 1.165) is 33.4 Å². The van der Waals surface area contributed by atoms with E-state index in [1.807, 2.05) is 88.4 Å². The molecule has 58 heavy (non-hydrogen) atoms. The van der Waals surface area contributed by atoms with Crippen molar-refractivity contribution < 1.29 is 38.7 Å². The molecule has 12 nitrogen and oxygen atoms in total. The lowest BCUT2D eigenvalue weighted by Crippen LogP contribution is -2.46. The highest BCUT2D eigenvalue weighted by molar-refractivity contribution is 5.98. The molecule has 0 saturated carbocycles. The zero-order valence-electron chi connectivity index (χ0n) is 33.9. The summed E-state index contributed by atoms with van der Waals surface area (Å²) in [5, 5.41) is 21.3. The summed E-state index contributed by atoms with van der Waals surface area (Å²) in [4.78, 5) is 39.4. The van der Waals surface area contributed by atoms with Gasteiger partial charge in [-0.2, -0.15) is 0 Å². The minimum absolute atomic E-state index is 0.411. The van der Waals surface area contributed by atoms with Gasteiger partial charge in [-0.25, -0.2) is 9.59 Å². The first kappa shape index (κ1) is 42.3. The molecule has 4 heterocycles. The Hall–Kier alpha value is -5.32. The number of hydrogen-bond donors (Lipinski definition) is 2. The molecule has 2 N–H and O–H groups in total. The summed E-state index contributed by atoms with van der Waals surface area (Å²) in [5.74, 6) is 4.48. The number of carbonyl (C=O) groups excluding carboxylic acids is 2. The van der Waals surface area contributed by atoms with Crippen LogP contribution in [0.25, 0.3) is 0 Å². The van der Waals surface area contributed by atoms with Gasteiger partial charge in [-0.05, 0) is 86.3 Å². The Morgan fingerprint density at radius 1 is 0.621 bits per heavy atom. The van der Waals surface area contributed by atoms with Gasteiger partial charge >= 0.3 is 11.9 Å². The van der Waals surface area contributed by atoms with Crippen molar-refractivity contribution in [2.24, 2.45) is 0 Å². The fourth-order valence-electron chi connectivity index (χ4n) is 7.85. The molecule has 2 aliphatic heterocycles. The van der Waals surface area contributed by atoms with Crippen LogP contribution in [0.4, 0.5) is 0 Å². The van der Waals surface area contributed by atoms with Crippen molar-refractivity contribution >= 4 is 11.9 Å². The normalized spacial score (nSPS) is 17.6. The van der Waals surface area contributed by atoms with E-state index >= 15 is 0 Å². The number of carbonyl (C=O) groups is 2. The van der Waals surface area contributed by atoms with Crippen molar-refractivity contribution in [1.29, 1.82) is 0 Å². The fourth-order valence-corrected chi connectivity index (χ4v) is 7.85. The van der Waals surface area contributed by atoms with Crippen molar-refractivity contribution in [2.45, 2.75) is 90.0 Å². The van der Waals surface area contributed by atoms with Gasteiger partial charge in [0.05, 0.1) is 0 Å².